The molecule has 0 aliphatic rings. The fourth-order valence-electron chi connectivity index (χ4n) is 1.78. The second-order valence-electron chi connectivity index (χ2n) is 4.69. The minimum absolute atomic E-state index is 0.459. The maximum absolute atomic E-state index is 13.1. The first-order chi connectivity index (χ1) is 10.2. The Morgan fingerprint density at radius 2 is 1.57 bits per heavy atom. The zero-order valence-corrected chi connectivity index (χ0v) is 11.9. The van der Waals surface area contributed by atoms with Crippen molar-refractivity contribution in [3.63, 3.8) is 0 Å². The van der Waals surface area contributed by atoms with Crippen molar-refractivity contribution in [3.05, 3.63) is 76.9 Å². The van der Waals surface area contributed by atoms with Crippen molar-refractivity contribution in [1.29, 1.82) is 0 Å². The van der Waals surface area contributed by atoms with Crippen LogP contribution in [-0.4, -0.2) is 0 Å². The highest BCUT2D eigenvalue weighted by atomic mass is 19.2. The van der Waals surface area contributed by atoms with Gasteiger partial charge in [-0.25, -0.2) is 8.78 Å². The summed E-state index contributed by atoms with van der Waals surface area (Å²) in [5, 5.41) is 0. The minimum atomic E-state index is -0.877. The molecule has 106 valence electrons. The molecular weight excluding hydrogens is 266 g/mol. The van der Waals surface area contributed by atoms with E-state index in [4.69, 9.17) is 0 Å². The zero-order chi connectivity index (χ0) is 15.1. The van der Waals surface area contributed by atoms with E-state index in [1.165, 1.54) is 6.07 Å². The van der Waals surface area contributed by atoms with Crippen LogP contribution < -0.4 is 0 Å². The molecule has 2 aromatic carbocycles. The largest absolute Gasteiger partial charge is 0.204 e. The first-order valence-corrected chi connectivity index (χ1v) is 6.92. The SMILES string of the molecule is CCCC=Cc1ccc(C#Cc2ccc(F)c(F)c2)cc1. The lowest BCUT2D eigenvalue weighted by Crippen LogP contribution is -1.84. The molecule has 0 spiro atoms. The van der Waals surface area contributed by atoms with E-state index in [9.17, 15) is 8.78 Å². The summed E-state index contributed by atoms with van der Waals surface area (Å²) in [7, 11) is 0. The summed E-state index contributed by atoms with van der Waals surface area (Å²) in [6, 6.07) is 11.5. The second-order valence-corrected chi connectivity index (χ2v) is 4.69. The van der Waals surface area contributed by atoms with Crippen LogP contribution in [0.1, 0.15) is 36.5 Å². The van der Waals surface area contributed by atoms with E-state index in [2.05, 4.69) is 30.9 Å². The average Bonchev–Trinajstić information content (AvgIpc) is 2.50. The number of benzene rings is 2. The first-order valence-electron chi connectivity index (χ1n) is 6.92. The quantitative estimate of drug-likeness (QED) is 0.681. The second kappa shape index (κ2) is 7.40. The lowest BCUT2D eigenvalue weighted by Gasteiger charge is -1.95. The van der Waals surface area contributed by atoms with Gasteiger partial charge >= 0.3 is 0 Å². The van der Waals surface area contributed by atoms with Gasteiger partial charge < -0.3 is 0 Å². The molecule has 0 bridgehead atoms. The molecule has 0 fully saturated rings. The summed E-state index contributed by atoms with van der Waals surface area (Å²) >= 11 is 0. The van der Waals surface area contributed by atoms with E-state index >= 15 is 0 Å². The van der Waals surface area contributed by atoms with E-state index in [0.717, 1.165) is 36.1 Å². The molecule has 0 aliphatic carbocycles. The zero-order valence-electron chi connectivity index (χ0n) is 11.9. The van der Waals surface area contributed by atoms with Crippen LogP contribution in [0.25, 0.3) is 6.08 Å². The van der Waals surface area contributed by atoms with Gasteiger partial charge in [-0.1, -0.05) is 49.5 Å². The number of hydrogen-bond donors (Lipinski definition) is 0. The Bertz CT molecular complexity index is 686. The summed E-state index contributed by atoms with van der Waals surface area (Å²) in [6.07, 6.45) is 6.42. The molecule has 0 aliphatic heterocycles. The highest BCUT2D eigenvalue weighted by Crippen LogP contribution is 2.09. The molecule has 0 aromatic heterocycles. The number of unbranched alkanes of at least 4 members (excludes halogenated alkanes) is 1. The third-order valence-corrected chi connectivity index (χ3v) is 2.95. The van der Waals surface area contributed by atoms with Gasteiger partial charge in [0.05, 0.1) is 0 Å². The van der Waals surface area contributed by atoms with Gasteiger partial charge in [0.25, 0.3) is 0 Å². The molecule has 0 radical (unpaired) electrons. The Morgan fingerprint density at radius 3 is 2.24 bits per heavy atom. The predicted molar refractivity (Wildman–Crippen MR) is 82.7 cm³/mol. The fourth-order valence-corrected chi connectivity index (χ4v) is 1.78. The Balaban J connectivity index is 2.10. The first kappa shape index (κ1) is 15.0. The van der Waals surface area contributed by atoms with Gasteiger partial charge in [0.1, 0.15) is 0 Å². The molecule has 0 amide bonds. The van der Waals surface area contributed by atoms with Gasteiger partial charge in [0.15, 0.2) is 11.6 Å². The topological polar surface area (TPSA) is 0 Å². The summed E-state index contributed by atoms with van der Waals surface area (Å²) in [5.74, 6) is 4.03. The Morgan fingerprint density at radius 1 is 0.905 bits per heavy atom. The standard InChI is InChI=1S/C19H16F2/c1-2-3-4-5-15-6-8-16(9-7-15)10-11-17-12-13-18(20)19(21)14-17/h4-9,12-14H,2-3H2,1H3. The molecule has 0 heterocycles. The van der Waals surface area contributed by atoms with Crippen molar-refractivity contribution in [3.8, 4) is 11.8 Å². The summed E-state index contributed by atoms with van der Waals surface area (Å²) in [5.41, 5.74) is 2.43. The molecule has 0 saturated carbocycles. The third kappa shape index (κ3) is 4.57. The maximum Gasteiger partial charge on any atom is 0.160 e. The van der Waals surface area contributed by atoms with Gasteiger partial charge in [0, 0.05) is 11.1 Å². The molecular formula is C19H16F2. The number of halogens is 2. The minimum Gasteiger partial charge on any atom is -0.204 e. The Hall–Kier alpha value is -2.40. The number of hydrogen-bond acceptors (Lipinski definition) is 0. The Kier molecular flexibility index (Phi) is 5.29. The molecule has 0 atom stereocenters. The fraction of sp³-hybridized carbons (Fsp3) is 0.158. The van der Waals surface area contributed by atoms with E-state index in [-0.39, 0.29) is 0 Å². The highest BCUT2D eigenvalue weighted by molar-refractivity contribution is 5.52. The van der Waals surface area contributed by atoms with Crippen LogP contribution in [0.5, 0.6) is 0 Å². The van der Waals surface area contributed by atoms with Gasteiger partial charge in [-0.2, -0.15) is 0 Å². The number of rotatable bonds is 3. The molecule has 21 heavy (non-hydrogen) atoms. The van der Waals surface area contributed by atoms with Crippen molar-refractivity contribution in [2.75, 3.05) is 0 Å². The van der Waals surface area contributed by atoms with E-state index in [0.29, 0.717) is 5.56 Å². The average molecular weight is 282 g/mol. The van der Waals surface area contributed by atoms with Gasteiger partial charge in [-0.3, -0.25) is 0 Å². The number of allylic oxidation sites excluding steroid dienone is 1. The molecule has 2 heteroatoms. The predicted octanol–water partition coefficient (Wildman–Crippen LogP) is 5.18. The molecule has 0 nitrogen and oxygen atoms in total. The van der Waals surface area contributed by atoms with Crippen LogP contribution in [0, 0.1) is 23.5 Å². The lowest BCUT2D eigenvalue weighted by atomic mass is 10.1. The molecule has 2 aromatic rings. The van der Waals surface area contributed by atoms with E-state index in [1.807, 2.05) is 24.3 Å². The van der Waals surface area contributed by atoms with Crippen LogP contribution in [0.15, 0.2) is 48.5 Å². The van der Waals surface area contributed by atoms with Crippen molar-refractivity contribution in [2.24, 2.45) is 0 Å². The lowest BCUT2D eigenvalue weighted by molar-refractivity contribution is 0.508. The van der Waals surface area contributed by atoms with Crippen molar-refractivity contribution in [2.45, 2.75) is 19.8 Å². The van der Waals surface area contributed by atoms with Crippen LogP contribution in [0.2, 0.25) is 0 Å². The summed E-state index contributed by atoms with van der Waals surface area (Å²) in [6.45, 7) is 2.14. The van der Waals surface area contributed by atoms with E-state index < -0.39 is 11.6 Å². The van der Waals surface area contributed by atoms with Crippen molar-refractivity contribution < 1.29 is 8.78 Å². The third-order valence-electron chi connectivity index (χ3n) is 2.95. The monoisotopic (exact) mass is 282 g/mol. The smallest absolute Gasteiger partial charge is 0.160 e. The summed E-state index contributed by atoms with van der Waals surface area (Å²) < 4.78 is 25.9. The van der Waals surface area contributed by atoms with Gasteiger partial charge in [-0.15, -0.1) is 0 Å². The van der Waals surface area contributed by atoms with E-state index in [1.54, 1.807) is 0 Å². The molecule has 0 unspecified atom stereocenters. The van der Waals surface area contributed by atoms with Crippen LogP contribution in [-0.2, 0) is 0 Å². The normalized spacial score (nSPS) is 10.4. The Labute approximate surface area is 124 Å². The molecule has 0 saturated heterocycles. The van der Waals surface area contributed by atoms with Gasteiger partial charge in [0.2, 0.25) is 0 Å². The van der Waals surface area contributed by atoms with Crippen LogP contribution >= 0.6 is 0 Å². The van der Waals surface area contributed by atoms with Crippen molar-refractivity contribution >= 4 is 6.08 Å². The van der Waals surface area contributed by atoms with Gasteiger partial charge in [-0.05, 0) is 42.3 Å². The van der Waals surface area contributed by atoms with Crippen LogP contribution in [0.4, 0.5) is 8.78 Å². The summed E-state index contributed by atoms with van der Waals surface area (Å²) in [4.78, 5) is 0. The molecule has 2 rings (SSSR count). The van der Waals surface area contributed by atoms with Crippen LogP contribution in [0.3, 0.4) is 0 Å². The highest BCUT2D eigenvalue weighted by Gasteiger charge is 1.99. The maximum atomic E-state index is 13.1. The molecule has 0 N–H and O–H groups in total. The van der Waals surface area contributed by atoms with Crippen molar-refractivity contribution in [1.82, 2.24) is 0 Å².